The minimum atomic E-state index is -3.86. The number of aryl methyl sites for hydroxylation is 1. The molecule has 1 heterocycles. The van der Waals surface area contributed by atoms with Gasteiger partial charge in [-0.3, -0.25) is 9.52 Å². The zero-order chi connectivity index (χ0) is 23.3. The van der Waals surface area contributed by atoms with Crippen LogP contribution in [-0.4, -0.2) is 33.7 Å². The van der Waals surface area contributed by atoms with E-state index in [2.05, 4.69) is 15.2 Å². The first-order chi connectivity index (χ1) is 15.2. The Kier molecular flexibility index (Phi) is 6.84. The topological polar surface area (TPSA) is 120 Å². The third-order valence-corrected chi connectivity index (χ3v) is 5.84. The molecule has 0 unspecified atom stereocenters. The van der Waals surface area contributed by atoms with Crippen molar-refractivity contribution in [3.05, 3.63) is 59.5 Å². The molecule has 3 aromatic rings. The number of benzene rings is 2. The number of aromatic nitrogens is 1. The molecule has 0 aliphatic carbocycles. The van der Waals surface area contributed by atoms with Gasteiger partial charge in [-0.2, -0.15) is 0 Å². The molecule has 0 saturated heterocycles. The molecule has 0 radical (unpaired) electrons. The van der Waals surface area contributed by atoms with Crippen LogP contribution in [0, 0.1) is 6.92 Å². The molecular weight excluding hydrogens is 434 g/mol. The Morgan fingerprint density at radius 1 is 1.06 bits per heavy atom. The lowest BCUT2D eigenvalue weighted by Gasteiger charge is -2.13. The molecule has 0 atom stereocenters. The quantitative estimate of drug-likeness (QED) is 0.526. The van der Waals surface area contributed by atoms with E-state index in [-0.39, 0.29) is 16.5 Å². The SMILES string of the molecule is COc1ccc(OC)c(NS(=O)(=O)c2ccc(C=Cc3onc(C)c3NC(C)=O)cc2)c1. The van der Waals surface area contributed by atoms with Crippen molar-refractivity contribution in [2.24, 2.45) is 0 Å². The van der Waals surface area contributed by atoms with E-state index in [0.717, 1.165) is 5.56 Å². The molecule has 0 saturated carbocycles. The monoisotopic (exact) mass is 457 g/mol. The highest BCUT2D eigenvalue weighted by atomic mass is 32.2. The number of carbonyl (C=O) groups is 1. The van der Waals surface area contributed by atoms with Crippen molar-refractivity contribution >= 4 is 39.5 Å². The maximum atomic E-state index is 12.8. The van der Waals surface area contributed by atoms with Crippen molar-refractivity contribution in [3.8, 4) is 11.5 Å². The third-order valence-electron chi connectivity index (χ3n) is 4.46. The maximum Gasteiger partial charge on any atom is 0.262 e. The Hall–Kier alpha value is -3.79. The van der Waals surface area contributed by atoms with Crippen LogP contribution in [0.5, 0.6) is 11.5 Å². The van der Waals surface area contributed by atoms with Crippen LogP contribution >= 0.6 is 0 Å². The van der Waals surface area contributed by atoms with E-state index in [0.29, 0.717) is 28.6 Å². The minimum Gasteiger partial charge on any atom is -0.497 e. The summed E-state index contributed by atoms with van der Waals surface area (Å²) in [4.78, 5) is 11.4. The summed E-state index contributed by atoms with van der Waals surface area (Å²) in [6, 6.07) is 11.1. The normalized spacial score (nSPS) is 11.4. The van der Waals surface area contributed by atoms with Crippen LogP contribution in [0.1, 0.15) is 23.9 Å². The van der Waals surface area contributed by atoms with E-state index in [1.54, 1.807) is 49.4 Å². The molecule has 2 N–H and O–H groups in total. The number of nitrogens with one attached hydrogen (secondary N) is 2. The molecule has 0 aliphatic rings. The number of hydrogen-bond acceptors (Lipinski definition) is 7. The van der Waals surface area contributed by atoms with Crippen molar-refractivity contribution in [1.82, 2.24) is 5.16 Å². The summed E-state index contributed by atoms with van der Waals surface area (Å²) in [6.07, 6.45) is 3.37. The largest absolute Gasteiger partial charge is 0.497 e. The zero-order valence-corrected chi connectivity index (χ0v) is 18.8. The number of ether oxygens (including phenoxy) is 2. The molecule has 10 heteroatoms. The standard InChI is InChI=1S/C22H23N3O6S/c1-14-22(23-15(2)26)21(31-24-14)11-7-16-5-9-18(10-6-16)32(27,28)25-19-13-17(29-3)8-12-20(19)30-4/h5-13,25H,1-4H3,(H,23,26). The number of carbonyl (C=O) groups excluding carboxylic acids is 1. The Morgan fingerprint density at radius 2 is 1.78 bits per heavy atom. The number of nitrogens with zero attached hydrogens (tertiary/aromatic N) is 1. The fourth-order valence-electron chi connectivity index (χ4n) is 2.86. The van der Waals surface area contributed by atoms with E-state index < -0.39 is 10.0 Å². The fraction of sp³-hybridized carbons (Fsp3) is 0.182. The number of rotatable bonds is 8. The predicted octanol–water partition coefficient (Wildman–Crippen LogP) is 3.93. The average Bonchev–Trinajstić information content (AvgIpc) is 3.11. The van der Waals surface area contributed by atoms with Gasteiger partial charge < -0.3 is 19.3 Å². The summed E-state index contributed by atoms with van der Waals surface area (Å²) in [5, 5.41) is 6.52. The summed E-state index contributed by atoms with van der Waals surface area (Å²) in [5.41, 5.74) is 2.04. The molecule has 9 nitrogen and oxygen atoms in total. The summed E-state index contributed by atoms with van der Waals surface area (Å²) in [7, 11) is -0.913. The lowest BCUT2D eigenvalue weighted by molar-refractivity contribution is -0.114. The average molecular weight is 458 g/mol. The van der Waals surface area contributed by atoms with Crippen LogP contribution in [0.3, 0.4) is 0 Å². The lowest BCUT2D eigenvalue weighted by Crippen LogP contribution is -2.13. The van der Waals surface area contributed by atoms with E-state index in [4.69, 9.17) is 14.0 Å². The highest BCUT2D eigenvalue weighted by Crippen LogP contribution is 2.31. The predicted molar refractivity (Wildman–Crippen MR) is 121 cm³/mol. The molecule has 0 spiro atoms. The van der Waals surface area contributed by atoms with E-state index >= 15 is 0 Å². The molecule has 1 aromatic heterocycles. The highest BCUT2D eigenvalue weighted by Gasteiger charge is 2.17. The molecule has 3 rings (SSSR count). The maximum absolute atomic E-state index is 12.8. The number of methoxy groups -OCH3 is 2. The van der Waals surface area contributed by atoms with E-state index in [9.17, 15) is 13.2 Å². The molecule has 0 aliphatic heterocycles. The van der Waals surface area contributed by atoms with Crippen LogP contribution in [0.4, 0.5) is 11.4 Å². The van der Waals surface area contributed by atoms with Gasteiger partial charge in [0.1, 0.15) is 22.9 Å². The van der Waals surface area contributed by atoms with E-state index in [1.807, 2.05) is 0 Å². The van der Waals surface area contributed by atoms with Gasteiger partial charge in [0.2, 0.25) is 5.91 Å². The van der Waals surface area contributed by atoms with Gasteiger partial charge in [0.15, 0.2) is 5.76 Å². The van der Waals surface area contributed by atoms with E-state index in [1.165, 1.54) is 33.3 Å². The van der Waals surface area contributed by atoms with Crippen molar-refractivity contribution < 1.29 is 27.2 Å². The number of amides is 1. The fourth-order valence-corrected chi connectivity index (χ4v) is 3.92. The van der Waals surface area contributed by atoms with Gasteiger partial charge in [-0.05, 0) is 42.8 Å². The summed E-state index contributed by atoms with van der Waals surface area (Å²) < 4.78 is 43.8. The molecule has 0 bridgehead atoms. The van der Waals surface area contributed by atoms with Crippen molar-refractivity contribution in [2.45, 2.75) is 18.7 Å². The van der Waals surface area contributed by atoms with Crippen molar-refractivity contribution in [2.75, 3.05) is 24.3 Å². The Balaban J connectivity index is 1.80. The molecule has 2 aromatic carbocycles. The van der Waals surface area contributed by atoms with Gasteiger partial charge >= 0.3 is 0 Å². The van der Waals surface area contributed by atoms with Gasteiger partial charge in [-0.1, -0.05) is 23.4 Å². The van der Waals surface area contributed by atoms with Gasteiger partial charge in [0, 0.05) is 13.0 Å². The summed E-state index contributed by atoms with van der Waals surface area (Å²) >= 11 is 0. The lowest BCUT2D eigenvalue weighted by atomic mass is 10.2. The third kappa shape index (κ3) is 5.27. The number of sulfonamides is 1. The van der Waals surface area contributed by atoms with Crippen LogP contribution in [0.15, 0.2) is 51.9 Å². The van der Waals surface area contributed by atoms with Crippen LogP contribution in [0.2, 0.25) is 0 Å². The second kappa shape index (κ2) is 9.56. The number of hydrogen-bond donors (Lipinski definition) is 2. The Bertz CT molecular complexity index is 1250. The van der Waals surface area contributed by atoms with Crippen LogP contribution in [-0.2, 0) is 14.8 Å². The summed E-state index contributed by atoms with van der Waals surface area (Å²) in [5.74, 6) is 1.01. The summed E-state index contributed by atoms with van der Waals surface area (Å²) in [6.45, 7) is 3.12. The number of anilines is 2. The smallest absolute Gasteiger partial charge is 0.262 e. The Morgan fingerprint density at radius 3 is 2.41 bits per heavy atom. The first kappa shape index (κ1) is 22.9. The molecule has 1 amide bonds. The molecule has 32 heavy (non-hydrogen) atoms. The van der Waals surface area contributed by atoms with Gasteiger partial charge in [0.25, 0.3) is 10.0 Å². The van der Waals surface area contributed by atoms with Gasteiger partial charge in [-0.25, -0.2) is 8.42 Å². The van der Waals surface area contributed by atoms with Gasteiger partial charge in [0.05, 0.1) is 24.8 Å². The minimum absolute atomic E-state index is 0.0777. The Labute approximate surface area is 186 Å². The van der Waals surface area contributed by atoms with Crippen LogP contribution < -0.4 is 19.5 Å². The van der Waals surface area contributed by atoms with Crippen molar-refractivity contribution in [1.29, 1.82) is 0 Å². The second-order valence-corrected chi connectivity index (χ2v) is 8.44. The second-order valence-electron chi connectivity index (χ2n) is 6.76. The molecular formula is C22H23N3O6S. The zero-order valence-electron chi connectivity index (χ0n) is 18.0. The molecule has 0 fully saturated rings. The van der Waals surface area contributed by atoms with Crippen molar-refractivity contribution in [3.63, 3.8) is 0 Å². The van der Waals surface area contributed by atoms with Crippen LogP contribution in [0.25, 0.3) is 12.2 Å². The first-order valence-corrected chi connectivity index (χ1v) is 11.0. The molecule has 168 valence electrons. The van der Waals surface area contributed by atoms with Gasteiger partial charge in [-0.15, -0.1) is 0 Å². The first-order valence-electron chi connectivity index (χ1n) is 9.50. The highest BCUT2D eigenvalue weighted by molar-refractivity contribution is 7.92.